The third kappa shape index (κ3) is 5.50. The molecule has 7 nitrogen and oxygen atoms in total. The van der Waals surface area contributed by atoms with E-state index >= 15 is 0 Å². The minimum atomic E-state index is -2.82. The van der Waals surface area contributed by atoms with Crippen molar-refractivity contribution in [2.45, 2.75) is 33.7 Å². The number of urea groups is 1. The first kappa shape index (κ1) is 18.9. The SMILES string of the molecule is CC(C)Cn1cc(NC(=O)N(C)CC(C)C(=O)O)c(C(F)F)n1. The van der Waals surface area contributed by atoms with Gasteiger partial charge >= 0.3 is 12.0 Å². The summed E-state index contributed by atoms with van der Waals surface area (Å²) in [6, 6.07) is -0.663. The number of aliphatic carboxylic acids is 1. The number of carbonyl (C=O) groups excluding carboxylic acids is 1. The van der Waals surface area contributed by atoms with E-state index in [4.69, 9.17) is 5.11 Å². The molecule has 1 atom stereocenters. The first-order valence-corrected chi connectivity index (χ1v) is 7.22. The van der Waals surface area contributed by atoms with E-state index in [2.05, 4.69) is 10.4 Å². The van der Waals surface area contributed by atoms with Crippen LogP contribution in [0.3, 0.4) is 0 Å². The second-order valence-electron chi connectivity index (χ2n) is 5.89. The van der Waals surface area contributed by atoms with Crippen molar-refractivity contribution in [2.75, 3.05) is 18.9 Å². The summed E-state index contributed by atoms with van der Waals surface area (Å²) in [6.07, 6.45) is -1.46. The monoisotopic (exact) mass is 332 g/mol. The summed E-state index contributed by atoms with van der Waals surface area (Å²) in [6.45, 7) is 5.70. The zero-order valence-electron chi connectivity index (χ0n) is 13.6. The van der Waals surface area contributed by atoms with Gasteiger partial charge in [-0.05, 0) is 5.92 Å². The molecular formula is C14H22F2N4O3. The zero-order valence-corrected chi connectivity index (χ0v) is 13.6. The van der Waals surface area contributed by atoms with Crippen molar-refractivity contribution >= 4 is 17.7 Å². The third-order valence-electron chi connectivity index (χ3n) is 3.11. The number of carboxylic acid groups (broad SMARTS) is 1. The Morgan fingerprint density at radius 2 is 2.00 bits per heavy atom. The van der Waals surface area contributed by atoms with Crippen LogP contribution in [0.25, 0.3) is 0 Å². The number of anilines is 1. The van der Waals surface area contributed by atoms with Crippen molar-refractivity contribution in [1.29, 1.82) is 0 Å². The maximum Gasteiger partial charge on any atom is 0.321 e. The molecule has 0 aromatic carbocycles. The Labute approximate surface area is 133 Å². The molecule has 1 unspecified atom stereocenters. The largest absolute Gasteiger partial charge is 0.481 e. The molecule has 0 bridgehead atoms. The molecule has 2 N–H and O–H groups in total. The number of hydrogen-bond acceptors (Lipinski definition) is 3. The smallest absolute Gasteiger partial charge is 0.321 e. The predicted octanol–water partition coefficient (Wildman–Crippen LogP) is 2.66. The Kier molecular flexibility index (Phi) is 6.47. The molecule has 0 radical (unpaired) electrons. The number of halogens is 2. The summed E-state index contributed by atoms with van der Waals surface area (Å²) in [5.41, 5.74) is -0.570. The van der Waals surface area contributed by atoms with Crippen molar-refractivity contribution in [3.05, 3.63) is 11.9 Å². The molecule has 0 aliphatic rings. The quantitative estimate of drug-likeness (QED) is 0.803. The second kappa shape index (κ2) is 7.89. The van der Waals surface area contributed by atoms with Crippen LogP contribution in [0.2, 0.25) is 0 Å². The number of hydrogen-bond donors (Lipinski definition) is 2. The number of aromatic nitrogens is 2. The summed E-state index contributed by atoms with van der Waals surface area (Å²) < 4.78 is 27.4. The molecule has 1 rings (SSSR count). The van der Waals surface area contributed by atoms with Gasteiger partial charge in [-0.3, -0.25) is 9.48 Å². The number of amides is 2. The highest BCUT2D eigenvalue weighted by molar-refractivity contribution is 5.90. The van der Waals surface area contributed by atoms with Gasteiger partial charge in [-0.25, -0.2) is 13.6 Å². The van der Waals surface area contributed by atoms with Crippen molar-refractivity contribution < 1.29 is 23.5 Å². The second-order valence-corrected chi connectivity index (χ2v) is 5.89. The van der Waals surface area contributed by atoms with Crippen molar-refractivity contribution in [1.82, 2.24) is 14.7 Å². The fourth-order valence-electron chi connectivity index (χ4n) is 1.94. The maximum atomic E-state index is 13.0. The topological polar surface area (TPSA) is 87.5 Å². The number of nitrogens with zero attached hydrogens (tertiary/aromatic N) is 3. The lowest BCUT2D eigenvalue weighted by molar-refractivity contribution is -0.141. The summed E-state index contributed by atoms with van der Waals surface area (Å²) in [5.74, 6) is -1.59. The number of nitrogens with one attached hydrogen (secondary N) is 1. The van der Waals surface area contributed by atoms with Crippen LogP contribution in [0.1, 0.15) is 32.9 Å². The standard InChI is InChI=1S/C14H22F2N4O3/c1-8(2)5-20-7-10(11(18-20)12(15)16)17-14(23)19(4)6-9(3)13(21)22/h7-9,12H,5-6H2,1-4H3,(H,17,23)(H,21,22). The third-order valence-corrected chi connectivity index (χ3v) is 3.11. The van der Waals surface area contributed by atoms with E-state index in [9.17, 15) is 18.4 Å². The fourth-order valence-corrected chi connectivity index (χ4v) is 1.94. The van der Waals surface area contributed by atoms with E-state index in [-0.39, 0.29) is 18.2 Å². The van der Waals surface area contributed by atoms with Crippen LogP contribution < -0.4 is 5.32 Å². The van der Waals surface area contributed by atoms with Crippen LogP contribution in [-0.2, 0) is 11.3 Å². The van der Waals surface area contributed by atoms with Gasteiger partial charge < -0.3 is 15.3 Å². The van der Waals surface area contributed by atoms with Gasteiger partial charge in [0.1, 0.15) is 0 Å². The molecule has 0 aliphatic carbocycles. The minimum absolute atomic E-state index is 0.0364. The zero-order chi connectivity index (χ0) is 17.7. The van der Waals surface area contributed by atoms with Crippen LogP contribution in [0, 0.1) is 11.8 Å². The Morgan fingerprint density at radius 1 is 1.39 bits per heavy atom. The van der Waals surface area contributed by atoms with E-state index in [1.54, 1.807) is 0 Å². The molecule has 0 saturated carbocycles. The average Bonchev–Trinajstić information content (AvgIpc) is 2.80. The molecule has 1 heterocycles. The molecule has 1 aromatic heterocycles. The molecule has 0 saturated heterocycles. The summed E-state index contributed by atoms with van der Waals surface area (Å²) in [4.78, 5) is 23.9. The fraction of sp³-hybridized carbons (Fsp3) is 0.643. The van der Waals surface area contributed by atoms with E-state index in [0.29, 0.717) is 6.54 Å². The number of carboxylic acids is 1. The molecule has 23 heavy (non-hydrogen) atoms. The molecule has 130 valence electrons. The minimum Gasteiger partial charge on any atom is -0.481 e. The maximum absolute atomic E-state index is 13.0. The summed E-state index contributed by atoms with van der Waals surface area (Å²) in [7, 11) is 1.40. The number of alkyl halides is 2. The highest BCUT2D eigenvalue weighted by Crippen LogP contribution is 2.26. The normalized spacial score (nSPS) is 12.5. The van der Waals surface area contributed by atoms with Gasteiger partial charge in [0.2, 0.25) is 0 Å². The first-order chi connectivity index (χ1) is 10.6. The van der Waals surface area contributed by atoms with E-state index in [0.717, 1.165) is 4.90 Å². The first-order valence-electron chi connectivity index (χ1n) is 7.22. The lowest BCUT2D eigenvalue weighted by Crippen LogP contribution is -2.36. The van der Waals surface area contributed by atoms with Crippen molar-refractivity contribution in [3.8, 4) is 0 Å². The van der Waals surface area contributed by atoms with Crippen LogP contribution in [-0.4, -0.2) is 45.4 Å². The number of carbonyl (C=O) groups is 2. The Hall–Kier alpha value is -2.19. The summed E-state index contributed by atoms with van der Waals surface area (Å²) >= 11 is 0. The van der Waals surface area contributed by atoms with Crippen LogP contribution in [0.4, 0.5) is 19.3 Å². The molecule has 0 fully saturated rings. The Balaban J connectivity index is 2.83. The van der Waals surface area contributed by atoms with Gasteiger partial charge in [-0.15, -0.1) is 0 Å². The van der Waals surface area contributed by atoms with Crippen LogP contribution in [0.15, 0.2) is 6.20 Å². The average molecular weight is 332 g/mol. The van der Waals surface area contributed by atoms with Gasteiger partial charge in [-0.2, -0.15) is 5.10 Å². The van der Waals surface area contributed by atoms with Crippen LogP contribution >= 0.6 is 0 Å². The van der Waals surface area contributed by atoms with E-state index in [1.165, 1.54) is 24.9 Å². The number of rotatable bonds is 7. The molecular weight excluding hydrogens is 310 g/mol. The van der Waals surface area contributed by atoms with Gasteiger partial charge in [0, 0.05) is 26.3 Å². The van der Waals surface area contributed by atoms with Crippen molar-refractivity contribution in [2.24, 2.45) is 11.8 Å². The highest BCUT2D eigenvalue weighted by Gasteiger charge is 2.23. The van der Waals surface area contributed by atoms with Gasteiger partial charge in [0.05, 0.1) is 11.6 Å². The lowest BCUT2D eigenvalue weighted by atomic mass is 10.2. The van der Waals surface area contributed by atoms with E-state index < -0.39 is 30.0 Å². The van der Waals surface area contributed by atoms with Crippen LogP contribution in [0.5, 0.6) is 0 Å². The van der Waals surface area contributed by atoms with Gasteiger partial charge in [0.25, 0.3) is 6.43 Å². The highest BCUT2D eigenvalue weighted by atomic mass is 19.3. The van der Waals surface area contributed by atoms with E-state index in [1.807, 2.05) is 13.8 Å². The van der Waals surface area contributed by atoms with Gasteiger partial charge in [-0.1, -0.05) is 20.8 Å². The lowest BCUT2D eigenvalue weighted by Gasteiger charge is -2.19. The van der Waals surface area contributed by atoms with Gasteiger partial charge in [0.15, 0.2) is 5.69 Å². The molecule has 9 heteroatoms. The Morgan fingerprint density at radius 3 is 2.48 bits per heavy atom. The molecule has 0 aliphatic heterocycles. The molecule has 2 amide bonds. The Bertz CT molecular complexity index is 560. The molecule has 0 spiro atoms. The predicted molar refractivity (Wildman–Crippen MR) is 80.5 cm³/mol. The van der Waals surface area contributed by atoms with Crippen molar-refractivity contribution in [3.63, 3.8) is 0 Å². The summed E-state index contributed by atoms with van der Waals surface area (Å²) in [5, 5.41) is 15.0. The molecule has 1 aromatic rings.